The Kier molecular flexibility index (Phi) is 6.08. The maximum absolute atomic E-state index is 12.1. The van der Waals surface area contributed by atoms with E-state index < -0.39 is 0 Å². The SMILES string of the molecule is CCc1ncnc(-c2cccnc2Oc2ccc(NC(=O)Nc3ccccc3)cc2)n1. The Hall–Kier alpha value is -4.33. The fourth-order valence-electron chi connectivity index (χ4n) is 2.81. The quantitative estimate of drug-likeness (QED) is 0.465. The minimum Gasteiger partial charge on any atom is -0.438 e. The third-order valence-corrected chi connectivity index (χ3v) is 4.31. The van der Waals surface area contributed by atoms with Gasteiger partial charge in [-0.1, -0.05) is 25.1 Å². The summed E-state index contributed by atoms with van der Waals surface area (Å²) >= 11 is 0. The number of hydrogen-bond acceptors (Lipinski definition) is 6. The third kappa shape index (κ3) is 5.18. The number of para-hydroxylation sites is 1. The normalized spacial score (nSPS) is 10.4. The number of amides is 2. The van der Waals surface area contributed by atoms with Crippen LogP contribution in [0.4, 0.5) is 16.2 Å². The number of anilines is 2. The maximum atomic E-state index is 12.1. The maximum Gasteiger partial charge on any atom is 0.323 e. The van der Waals surface area contributed by atoms with Gasteiger partial charge in [0.05, 0.1) is 5.56 Å². The number of ether oxygens (including phenoxy) is 1. The summed E-state index contributed by atoms with van der Waals surface area (Å²) in [6.07, 6.45) is 3.84. The Morgan fingerprint density at radius 2 is 1.61 bits per heavy atom. The number of hydrogen-bond donors (Lipinski definition) is 2. The summed E-state index contributed by atoms with van der Waals surface area (Å²) in [5.41, 5.74) is 2.02. The molecule has 0 fully saturated rings. The molecule has 8 nitrogen and oxygen atoms in total. The highest BCUT2D eigenvalue weighted by atomic mass is 16.5. The van der Waals surface area contributed by atoms with Crippen LogP contribution in [-0.2, 0) is 6.42 Å². The monoisotopic (exact) mass is 412 g/mol. The van der Waals surface area contributed by atoms with Crippen molar-refractivity contribution in [1.29, 1.82) is 0 Å². The molecule has 2 aromatic carbocycles. The van der Waals surface area contributed by atoms with Crippen molar-refractivity contribution >= 4 is 17.4 Å². The number of nitrogens with zero attached hydrogens (tertiary/aromatic N) is 4. The van der Waals surface area contributed by atoms with Gasteiger partial charge in [0, 0.05) is 24.0 Å². The highest BCUT2D eigenvalue weighted by Gasteiger charge is 2.12. The Balaban J connectivity index is 1.45. The molecule has 8 heteroatoms. The van der Waals surface area contributed by atoms with Gasteiger partial charge < -0.3 is 15.4 Å². The van der Waals surface area contributed by atoms with E-state index in [2.05, 4.69) is 30.6 Å². The minimum atomic E-state index is -0.326. The average Bonchev–Trinajstić information content (AvgIpc) is 2.81. The molecule has 0 atom stereocenters. The second-order valence-corrected chi connectivity index (χ2v) is 6.51. The van der Waals surface area contributed by atoms with Crippen molar-refractivity contribution in [2.24, 2.45) is 0 Å². The van der Waals surface area contributed by atoms with Crippen LogP contribution in [0.2, 0.25) is 0 Å². The van der Waals surface area contributed by atoms with E-state index in [1.807, 2.05) is 43.3 Å². The molecule has 0 aliphatic heterocycles. The average molecular weight is 412 g/mol. The number of carbonyl (C=O) groups is 1. The number of urea groups is 1. The summed E-state index contributed by atoms with van der Waals surface area (Å²) in [5.74, 6) is 2.16. The number of aryl methyl sites for hydroxylation is 1. The van der Waals surface area contributed by atoms with E-state index in [4.69, 9.17) is 4.74 Å². The molecule has 4 rings (SSSR count). The lowest BCUT2D eigenvalue weighted by Gasteiger charge is -2.11. The van der Waals surface area contributed by atoms with Crippen LogP contribution in [0.1, 0.15) is 12.7 Å². The first-order valence-electron chi connectivity index (χ1n) is 9.75. The molecule has 0 unspecified atom stereocenters. The number of aromatic nitrogens is 4. The van der Waals surface area contributed by atoms with Crippen molar-refractivity contribution in [3.63, 3.8) is 0 Å². The minimum absolute atomic E-state index is 0.326. The van der Waals surface area contributed by atoms with Crippen LogP contribution in [0, 0.1) is 0 Å². The zero-order valence-corrected chi connectivity index (χ0v) is 16.8. The molecule has 4 aromatic rings. The van der Waals surface area contributed by atoms with Crippen molar-refractivity contribution in [1.82, 2.24) is 19.9 Å². The van der Waals surface area contributed by atoms with Gasteiger partial charge in [-0.15, -0.1) is 0 Å². The first-order valence-corrected chi connectivity index (χ1v) is 9.75. The van der Waals surface area contributed by atoms with E-state index in [1.165, 1.54) is 6.33 Å². The zero-order valence-electron chi connectivity index (χ0n) is 16.8. The summed E-state index contributed by atoms with van der Waals surface area (Å²) in [6, 6.07) is 19.6. The van der Waals surface area contributed by atoms with Crippen LogP contribution in [0.15, 0.2) is 79.3 Å². The molecule has 2 aromatic heterocycles. The summed E-state index contributed by atoms with van der Waals surface area (Å²) in [6.45, 7) is 1.98. The molecular weight excluding hydrogens is 392 g/mol. The van der Waals surface area contributed by atoms with Crippen molar-refractivity contribution < 1.29 is 9.53 Å². The standard InChI is InChI=1S/C23H20N6O2/c1-2-20-25-15-26-21(29-20)19-9-6-14-24-22(19)31-18-12-10-17(11-13-18)28-23(30)27-16-7-4-3-5-8-16/h3-15H,2H2,1H3,(H2,27,28,30). The van der Waals surface area contributed by atoms with Gasteiger partial charge in [0.2, 0.25) is 5.88 Å². The van der Waals surface area contributed by atoms with E-state index >= 15 is 0 Å². The summed E-state index contributed by atoms with van der Waals surface area (Å²) < 4.78 is 5.95. The number of benzene rings is 2. The van der Waals surface area contributed by atoms with Gasteiger partial charge in [0.1, 0.15) is 17.9 Å². The second-order valence-electron chi connectivity index (χ2n) is 6.51. The van der Waals surface area contributed by atoms with E-state index in [0.29, 0.717) is 46.6 Å². The molecule has 0 spiro atoms. The number of carbonyl (C=O) groups excluding carboxylic acids is 1. The van der Waals surface area contributed by atoms with Crippen molar-refractivity contribution in [2.75, 3.05) is 10.6 Å². The molecule has 0 radical (unpaired) electrons. The molecule has 31 heavy (non-hydrogen) atoms. The first-order chi connectivity index (χ1) is 15.2. The molecule has 2 N–H and O–H groups in total. The second kappa shape index (κ2) is 9.45. The smallest absolute Gasteiger partial charge is 0.323 e. The fourth-order valence-corrected chi connectivity index (χ4v) is 2.81. The number of pyridine rings is 1. The zero-order chi connectivity index (χ0) is 21.5. The van der Waals surface area contributed by atoms with E-state index in [-0.39, 0.29) is 6.03 Å². The predicted octanol–water partition coefficient (Wildman–Crippen LogP) is 4.93. The molecule has 0 bridgehead atoms. The van der Waals surface area contributed by atoms with Gasteiger partial charge >= 0.3 is 6.03 Å². The predicted molar refractivity (Wildman–Crippen MR) is 118 cm³/mol. The van der Waals surface area contributed by atoms with Crippen LogP contribution < -0.4 is 15.4 Å². The van der Waals surface area contributed by atoms with Gasteiger partial charge in [-0.3, -0.25) is 0 Å². The van der Waals surface area contributed by atoms with Crippen molar-refractivity contribution in [2.45, 2.75) is 13.3 Å². The Labute approximate surface area is 179 Å². The van der Waals surface area contributed by atoms with Crippen LogP contribution >= 0.6 is 0 Å². The molecule has 2 heterocycles. The van der Waals surface area contributed by atoms with E-state index in [0.717, 1.165) is 0 Å². The van der Waals surface area contributed by atoms with Gasteiger partial charge in [-0.2, -0.15) is 0 Å². The summed E-state index contributed by atoms with van der Waals surface area (Å²) in [4.78, 5) is 29.3. The lowest BCUT2D eigenvalue weighted by atomic mass is 10.2. The number of rotatable bonds is 6. The summed E-state index contributed by atoms with van der Waals surface area (Å²) in [5, 5.41) is 5.55. The van der Waals surface area contributed by atoms with E-state index in [1.54, 1.807) is 36.5 Å². The van der Waals surface area contributed by atoms with Crippen LogP contribution in [0.3, 0.4) is 0 Å². The Morgan fingerprint density at radius 1 is 0.871 bits per heavy atom. The first kappa shape index (κ1) is 20.0. The van der Waals surface area contributed by atoms with Crippen molar-refractivity contribution in [3.8, 4) is 23.0 Å². The summed E-state index contributed by atoms with van der Waals surface area (Å²) in [7, 11) is 0. The largest absolute Gasteiger partial charge is 0.438 e. The highest BCUT2D eigenvalue weighted by molar-refractivity contribution is 5.99. The highest BCUT2D eigenvalue weighted by Crippen LogP contribution is 2.29. The molecule has 154 valence electrons. The van der Waals surface area contributed by atoms with E-state index in [9.17, 15) is 4.79 Å². The number of nitrogens with one attached hydrogen (secondary N) is 2. The topological polar surface area (TPSA) is 102 Å². The molecule has 2 amide bonds. The lowest BCUT2D eigenvalue weighted by Crippen LogP contribution is -2.19. The van der Waals surface area contributed by atoms with Gasteiger partial charge in [-0.05, 0) is 48.5 Å². The lowest BCUT2D eigenvalue weighted by molar-refractivity contribution is 0.262. The van der Waals surface area contributed by atoms with Crippen LogP contribution in [0.25, 0.3) is 11.4 Å². The molecule has 0 saturated carbocycles. The Bertz CT molecular complexity index is 1170. The molecule has 0 aliphatic rings. The van der Waals surface area contributed by atoms with Crippen LogP contribution in [-0.4, -0.2) is 26.0 Å². The van der Waals surface area contributed by atoms with Gasteiger partial charge in [-0.25, -0.2) is 24.7 Å². The van der Waals surface area contributed by atoms with Crippen molar-refractivity contribution in [3.05, 3.63) is 85.1 Å². The van der Waals surface area contributed by atoms with Crippen LogP contribution in [0.5, 0.6) is 11.6 Å². The third-order valence-electron chi connectivity index (χ3n) is 4.31. The van der Waals surface area contributed by atoms with Gasteiger partial charge in [0.25, 0.3) is 0 Å². The Morgan fingerprint density at radius 3 is 2.35 bits per heavy atom. The molecular formula is C23H20N6O2. The molecule has 0 aliphatic carbocycles. The molecule has 0 saturated heterocycles. The fraction of sp³-hybridized carbons (Fsp3) is 0.0870. The van der Waals surface area contributed by atoms with Gasteiger partial charge in [0.15, 0.2) is 5.82 Å².